The number of nitrogens with two attached hydrogens (primary N) is 4. The maximum atomic E-state index is 13.9. The van der Waals surface area contributed by atoms with Crippen LogP contribution in [0.1, 0.15) is 56.1 Å². The van der Waals surface area contributed by atoms with Gasteiger partial charge < -0.3 is 48.9 Å². The molecule has 1 fully saturated rings. The molecule has 5 amide bonds. The molecule has 0 unspecified atom stereocenters. The van der Waals surface area contributed by atoms with Gasteiger partial charge in [-0.3, -0.25) is 29.0 Å². The summed E-state index contributed by atoms with van der Waals surface area (Å²) in [6.45, 7) is 0.970. The third-order valence-corrected chi connectivity index (χ3v) is 9.29. The molecule has 1 saturated heterocycles. The van der Waals surface area contributed by atoms with Gasteiger partial charge in [0.2, 0.25) is 29.5 Å². The average Bonchev–Trinajstić information content (AvgIpc) is 3.64. The van der Waals surface area contributed by atoms with Crippen molar-refractivity contribution in [3.63, 3.8) is 0 Å². The lowest BCUT2D eigenvalue weighted by Gasteiger charge is -2.28. The predicted octanol–water partition coefficient (Wildman–Crippen LogP) is 0.444. The van der Waals surface area contributed by atoms with Crippen molar-refractivity contribution in [3.05, 3.63) is 77.9 Å². The van der Waals surface area contributed by atoms with Crippen molar-refractivity contribution in [2.75, 3.05) is 19.6 Å². The van der Waals surface area contributed by atoms with E-state index in [1.807, 2.05) is 42.5 Å². The number of hydrogen-bond acceptors (Lipinski definition) is 8. The third-order valence-electron chi connectivity index (χ3n) is 9.29. The molecule has 12 N–H and O–H groups in total. The molecule has 15 nitrogen and oxygen atoms in total. The van der Waals surface area contributed by atoms with Crippen LogP contribution in [0.2, 0.25) is 0 Å². The Hall–Kier alpha value is -5.70. The van der Waals surface area contributed by atoms with E-state index < -0.39 is 47.8 Å². The molecule has 4 rings (SSSR count). The van der Waals surface area contributed by atoms with Crippen LogP contribution in [0, 0.1) is 0 Å². The van der Waals surface area contributed by atoms with Crippen molar-refractivity contribution in [3.8, 4) is 5.75 Å². The first-order valence-corrected chi connectivity index (χ1v) is 18.0. The van der Waals surface area contributed by atoms with Gasteiger partial charge in [0, 0.05) is 19.5 Å². The number of phenols is 1. The zero-order chi connectivity index (χ0) is 38.3. The van der Waals surface area contributed by atoms with E-state index >= 15 is 0 Å². The lowest BCUT2D eigenvalue weighted by Crippen LogP contribution is -2.58. The van der Waals surface area contributed by atoms with Gasteiger partial charge in [0.1, 0.15) is 29.9 Å². The molecule has 0 aliphatic carbocycles. The molecule has 53 heavy (non-hydrogen) atoms. The number of benzene rings is 3. The number of likely N-dealkylation sites (tertiary alicyclic amines) is 1. The maximum Gasteiger partial charge on any atom is 0.243 e. The van der Waals surface area contributed by atoms with Crippen molar-refractivity contribution < 1.29 is 29.1 Å². The second kappa shape index (κ2) is 19.8. The fraction of sp³-hybridized carbons (Fsp3) is 0.421. The predicted molar refractivity (Wildman–Crippen MR) is 202 cm³/mol. The number of aromatic hydroxyl groups is 1. The summed E-state index contributed by atoms with van der Waals surface area (Å²) < 4.78 is 0. The number of nitrogens with one attached hydrogen (secondary N) is 3. The summed E-state index contributed by atoms with van der Waals surface area (Å²) >= 11 is 0. The standard InChI is InChI=1S/C38H51N9O6/c39-19-4-3-12-29(45-37(53)32-14-7-21-47(32)33(49)23-26-10-5-9-25-8-1-2-11-28(25)26)35(51)44-30(13-6-20-43-38(41)42)36(52)46-31(34(40)50)22-24-15-17-27(48)18-16-24/h1-2,5,8-11,15-18,29-32,48H,3-4,6-7,12-14,19-23,39H2,(H2,40,50)(H,44,51)(H,45,53)(H,46,52)(H4,41,42,43)/t29-,30-,31-,32-/m0/s1. The molecular weight excluding hydrogens is 678 g/mol. The van der Waals surface area contributed by atoms with Gasteiger partial charge in [-0.05, 0) is 85.5 Å². The molecular formula is C38H51N9O6. The highest BCUT2D eigenvalue weighted by Gasteiger charge is 2.36. The number of rotatable bonds is 19. The number of carbonyl (C=O) groups excluding carboxylic acids is 5. The number of nitrogens with zero attached hydrogens (tertiary/aromatic N) is 2. The quantitative estimate of drug-likeness (QED) is 0.0483. The van der Waals surface area contributed by atoms with Crippen LogP contribution in [0.3, 0.4) is 0 Å². The van der Waals surface area contributed by atoms with Crippen LogP contribution in [0.4, 0.5) is 0 Å². The smallest absolute Gasteiger partial charge is 0.243 e. The van der Waals surface area contributed by atoms with Crippen LogP contribution in [0.25, 0.3) is 10.8 Å². The van der Waals surface area contributed by atoms with E-state index in [1.54, 1.807) is 17.0 Å². The Morgan fingerprint density at radius 2 is 1.47 bits per heavy atom. The number of guanidine groups is 1. The van der Waals surface area contributed by atoms with Gasteiger partial charge in [0.05, 0.1) is 6.42 Å². The number of hydrogen-bond donors (Lipinski definition) is 8. The molecule has 15 heteroatoms. The summed E-state index contributed by atoms with van der Waals surface area (Å²) in [6.07, 6.45) is 2.99. The summed E-state index contributed by atoms with van der Waals surface area (Å²) in [5.41, 5.74) is 23.8. The van der Waals surface area contributed by atoms with Gasteiger partial charge in [-0.1, -0.05) is 54.6 Å². The molecule has 0 bridgehead atoms. The number of unbranched alkanes of at least 4 members (excludes halogenated alkanes) is 1. The first-order valence-electron chi connectivity index (χ1n) is 18.0. The molecule has 4 atom stereocenters. The second-order valence-electron chi connectivity index (χ2n) is 13.2. The van der Waals surface area contributed by atoms with E-state index in [0.717, 1.165) is 16.3 Å². The van der Waals surface area contributed by atoms with E-state index in [-0.39, 0.29) is 49.8 Å². The number of aliphatic imine (C=N–C) groups is 1. The molecule has 284 valence electrons. The van der Waals surface area contributed by atoms with Gasteiger partial charge in [0.25, 0.3) is 0 Å². The fourth-order valence-corrected chi connectivity index (χ4v) is 6.49. The minimum absolute atomic E-state index is 0.0400. The topological polar surface area (TPSA) is 261 Å². The lowest BCUT2D eigenvalue weighted by molar-refractivity contribution is -0.139. The van der Waals surface area contributed by atoms with Gasteiger partial charge in [-0.2, -0.15) is 0 Å². The van der Waals surface area contributed by atoms with Crippen molar-refractivity contribution in [2.24, 2.45) is 27.9 Å². The Balaban J connectivity index is 1.47. The van der Waals surface area contributed by atoms with Crippen LogP contribution in [-0.2, 0) is 36.8 Å². The fourth-order valence-electron chi connectivity index (χ4n) is 6.49. The van der Waals surface area contributed by atoms with Gasteiger partial charge in [-0.15, -0.1) is 0 Å². The summed E-state index contributed by atoms with van der Waals surface area (Å²) in [4.78, 5) is 72.8. The number of fused-ring (bicyclic) bond motifs is 1. The summed E-state index contributed by atoms with van der Waals surface area (Å²) in [6, 6.07) is 15.6. The van der Waals surface area contributed by atoms with Gasteiger partial charge in [0.15, 0.2) is 5.96 Å². The van der Waals surface area contributed by atoms with E-state index in [4.69, 9.17) is 22.9 Å². The largest absolute Gasteiger partial charge is 0.508 e. The monoisotopic (exact) mass is 729 g/mol. The average molecular weight is 730 g/mol. The van der Waals surface area contributed by atoms with E-state index in [0.29, 0.717) is 50.8 Å². The first-order chi connectivity index (χ1) is 25.5. The SMILES string of the molecule is NCCCC[C@H](NC(=O)[C@@H]1CCCN1C(=O)Cc1cccc2ccccc12)C(=O)N[C@@H](CCCN=C(N)N)C(=O)N[C@@H](Cc1ccc(O)cc1)C(N)=O. The Kier molecular flexibility index (Phi) is 15.0. The summed E-state index contributed by atoms with van der Waals surface area (Å²) in [5.74, 6) is -2.80. The zero-order valence-electron chi connectivity index (χ0n) is 29.8. The van der Waals surface area contributed by atoms with Crippen LogP contribution in [0.5, 0.6) is 5.75 Å². The van der Waals surface area contributed by atoms with Crippen LogP contribution < -0.4 is 38.9 Å². The zero-order valence-corrected chi connectivity index (χ0v) is 29.8. The Morgan fingerprint density at radius 3 is 2.17 bits per heavy atom. The van der Waals surface area contributed by atoms with Crippen LogP contribution >= 0.6 is 0 Å². The summed E-state index contributed by atoms with van der Waals surface area (Å²) in [5, 5.41) is 19.8. The highest BCUT2D eigenvalue weighted by molar-refractivity contribution is 5.96. The van der Waals surface area contributed by atoms with Crippen molar-refractivity contribution in [1.29, 1.82) is 0 Å². The van der Waals surface area contributed by atoms with Crippen molar-refractivity contribution >= 4 is 46.3 Å². The molecule has 0 radical (unpaired) electrons. The maximum absolute atomic E-state index is 13.9. The molecule has 0 saturated carbocycles. The minimum Gasteiger partial charge on any atom is -0.508 e. The number of amides is 5. The highest BCUT2D eigenvalue weighted by Crippen LogP contribution is 2.23. The van der Waals surface area contributed by atoms with Crippen LogP contribution in [-0.4, -0.2) is 89.3 Å². The first kappa shape index (κ1) is 40.1. The molecule has 0 aromatic heterocycles. The third kappa shape index (κ3) is 11.9. The number of phenolic OH excluding ortho intramolecular Hbond substituents is 1. The molecule has 0 spiro atoms. The highest BCUT2D eigenvalue weighted by atomic mass is 16.3. The lowest BCUT2D eigenvalue weighted by atomic mass is 10.0. The molecule has 1 aliphatic rings. The molecule has 1 heterocycles. The molecule has 3 aromatic carbocycles. The van der Waals surface area contributed by atoms with Crippen molar-refractivity contribution in [2.45, 2.75) is 82.0 Å². The van der Waals surface area contributed by atoms with Gasteiger partial charge >= 0.3 is 0 Å². The Bertz CT molecular complexity index is 1760. The van der Waals surface area contributed by atoms with Gasteiger partial charge in [-0.25, -0.2) is 0 Å². The van der Waals surface area contributed by atoms with E-state index in [1.165, 1.54) is 12.1 Å². The molecule has 3 aromatic rings. The second-order valence-corrected chi connectivity index (χ2v) is 13.2. The van der Waals surface area contributed by atoms with E-state index in [2.05, 4.69) is 20.9 Å². The van der Waals surface area contributed by atoms with Crippen LogP contribution in [0.15, 0.2) is 71.7 Å². The Morgan fingerprint density at radius 1 is 0.811 bits per heavy atom. The van der Waals surface area contributed by atoms with E-state index in [9.17, 15) is 29.1 Å². The summed E-state index contributed by atoms with van der Waals surface area (Å²) in [7, 11) is 0. The number of carbonyl (C=O) groups is 5. The number of primary amides is 1. The Labute approximate surface area is 308 Å². The molecule has 1 aliphatic heterocycles. The minimum atomic E-state index is -1.14. The van der Waals surface area contributed by atoms with Crippen molar-refractivity contribution in [1.82, 2.24) is 20.9 Å². The normalized spacial score (nSPS) is 15.6.